The smallest absolute Gasteiger partial charge is 0.255 e. The van der Waals surface area contributed by atoms with Crippen molar-refractivity contribution in [2.45, 2.75) is 25.8 Å². The van der Waals surface area contributed by atoms with E-state index < -0.39 is 5.91 Å². The summed E-state index contributed by atoms with van der Waals surface area (Å²) < 4.78 is 5.34. The summed E-state index contributed by atoms with van der Waals surface area (Å²) in [6.07, 6.45) is 2.08. The molecule has 0 radical (unpaired) electrons. The van der Waals surface area contributed by atoms with Crippen LogP contribution in [0.25, 0.3) is 0 Å². The first-order chi connectivity index (χ1) is 13.0. The lowest BCUT2D eigenvalue weighted by atomic mass is 10.0. The Hall–Kier alpha value is -3.20. The van der Waals surface area contributed by atoms with Crippen molar-refractivity contribution in [3.63, 3.8) is 0 Å². The number of nitriles is 1. The monoisotopic (exact) mass is 364 g/mol. The fourth-order valence-corrected chi connectivity index (χ4v) is 3.29. The van der Waals surface area contributed by atoms with Gasteiger partial charge in [-0.05, 0) is 67.8 Å². The van der Waals surface area contributed by atoms with Gasteiger partial charge in [0, 0.05) is 30.5 Å². The van der Waals surface area contributed by atoms with Crippen molar-refractivity contribution in [3.05, 3.63) is 53.6 Å². The molecule has 1 aliphatic rings. The molecule has 0 bridgehead atoms. The molecule has 1 amide bonds. The summed E-state index contributed by atoms with van der Waals surface area (Å²) in [4.78, 5) is 13.2. The van der Waals surface area contributed by atoms with Gasteiger partial charge >= 0.3 is 0 Å². The SMILES string of the molecule is Cc1cc(OCC(N)=O)ccc1NC1CCN(c2ccc(C#N)cc2)CC1. The third kappa shape index (κ3) is 4.91. The van der Waals surface area contributed by atoms with E-state index in [1.807, 2.05) is 49.4 Å². The summed E-state index contributed by atoms with van der Waals surface area (Å²) in [5, 5.41) is 12.5. The van der Waals surface area contributed by atoms with E-state index in [4.69, 9.17) is 15.7 Å². The Morgan fingerprint density at radius 3 is 2.56 bits per heavy atom. The van der Waals surface area contributed by atoms with Crippen molar-refractivity contribution in [1.29, 1.82) is 5.26 Å². The number of primary amides is 1. The molecule has 1 fully saturated rings. The zero-order valence-electron chi connectivity index (χ0n) is 15.4. The van der Waals surface area contributed by atoms with E-state index in [1.54, 1.807) is 0 Å². The predicted octanol–water partition coefficient (Wildman–Crippen LogP) is 2.81. The van der Waals surface area contributed by atoms with Gasteiger partial charge in [-0.15, -0.1) is 0 Å². The van der Waals surface area contributed by atoms with Crippen molar-refractivity contribution >= 4 is 17.3 Å². The van der Waals surface area contributed by atoms with Crippen LogP contribution in [-0.4, -0.2) is 31.6 Å². The highest BCUT2D eigenvalue weighted by molar-refractivity contribution is 5.75. The quantitative estimate of drug-likeness (QED) is 0.822. The lowest BCUT2D eigenvalue weighted by molar-refractivity contribution is -0.119. The Morgan fingerprint density at radius 1 is 1.26 bits per heavy atom. The minimum absolute atomic E-state index is 0.111. The molecule has 0 spiro atoms. The number of piperidine rings is 1. The van der Waals surface area contributed by atoms with Crippen LogP contribution >= 0.6 is 0 Å². The van der Waals surface area contributed by atoms with Crippen molar-refractivity contribution in [2.75, 3.05) is 29.9 Å². The molecule has 0 atom stereocenters. The summed E-state index contributed by atoms with van der Waals surface area (Å²) >= 11 is 0. The third-order valence-corrected chi connectivity index (χ3v) is 4.80. The number of carbonyl (C=O) groups excluding carboxylic acids is 1. The molecule has 6 nitrogen and oxygen atoms in total. The van der Waals surface area contributed by atoms with E-state index in [9.17, 15) is 4.79 Å². The number of carbonyl (C=O) groups is 1. The molecule has 0 aromatic heterocycles. The minimum atomic E-state index is -0.483. The highest BCUT2D eigenvalue weighted by atomic mass is 16.5. The first kappa shape index (κ1) is 18.6. The Bertz CT molecular complexity index is 834. The number of hydrogen-bond donors (Lipinski definition) is 2. The molecule has 6 heteroatoms. The normalized spacial score (nSPS) is 14.4. The molecule has 1 heterocycles. The second kappa shape index (κ2) is 8.45. The van der Waals surface area contributed by atoms with E-state index in [0.717, 1.165) is 37.2 Å². The van der Waals surface area contributed by atoms with E-state index >= 15 is 0 Å². The molecule has 3 N–H and O–H groups in total. The zero-order valence-corrected chi connectivity index (χ0v) is 15.4. The summed E-state index contributed by atoms with van der Waals surface area (Å²) in [5.41, 5.74) is 9.12. The Labute approximate surface area is 159 Å². The summed E-state index contributed by atoms with van der Waals surface area (Å²) in [6.45, 7) is 3.86. The molecule has 0 unspecified atom stereocenters. The van der Waals surface area contributed by atoms with Crippen LogP contribution in [0.4, 0.5) is 11.4 Å². The van der Waals surface area contributed by atoms with E-state index in [-0.39, 0.29) is 6.61 Å². The molecule has 1 saturated heterocycles. The van der Waals surface area contributed by atoms with Gasteiger partial charge in [-0.1, -0.05) is 0 Å². The van der Waals surface area contributed by atoms with E-state index in [2.05, 4.69) is 16.3 Å². The number of benzene rings is 2. The van der Waals surface area contributed by atoms with Gasteiger partial charge in [0.05, 0.1) is 11.6 Å². The lowest BCUT2D eigenvalue weighted by Crippen LogP contribution is -2.39. The van der Waals surface area contributed by atoms with Gasteiger partial charge in [-0.25, -0.2) is 0 Å². The van der Waals surface area contributed by atoms with Crippen LogP contribution in [0.5, 0.6) is 5.75 Å². The number of nitrogens with one attached hydrogen (secondary N) is 1. The Kier molecular flexibility index (Phi) is 5.82. The van der Waals surface area contributed by atoms with Crippen LogP contribution in [0.1, 0.15) is 24.0 Å². The van der Waals surface area contributed by atoms with Gasteiger partial charge in [-0.2, -0.15) is 5.26 Å². The highest BCUT2D eigenvalue weighted by Crippen LogP contribution is 2.26. The van der Waals surface area contributed by atoms with Gasteiger partial charge in [0.25, 0.3) is 5.91 Å². The van der Waals surface area contributed by atoms with Gasteiger partial charge in [-0.3, -0.25) is 4.79 Å². The van der Waals surface area contributed by atoms with Crippen molar-refractivity contribution in [2.24, 2.45) is 5.73 Å². The number of rotatable bonds is 6. The standard InChI is InChI=1S/C21H24N4O2/c1-15-12-19(27-14-21(23)26)6-7-20(15)24-17-8-10-25(11-9-17)18-4-2-16(13-22)3-5-18/h2-7,12,17,24H,8-11,14H2,1H3,(H2,23,26). The van der Waals surface area contributed by atoms with Gasteiger partial charge in [0.15, 0.2) is 6.61 Å². The Morgan fingerprint density at radius 2 is 1.96 bits per heavy atom. The van der Waals surface area contributed by atoms with Crippen molar-refractivity contribution < 1.29 is 9.53 Å². The van der Waals surface area contributed by atoms with Crippen LogP contribution in [-0.2, 0) is 4.79 Å². The van der Waals surface area contributed by atoms with Crippen LogP contribution < -0.4 is 20.7 Å². The number of nitrogens with two attached hydrogens (primary N) is 1. The molecule has 140 valence electrons. The van der Waals surface area contributed by atoms with Crippen LogP contribution in [0.2, 0.25) is 0 Å². The molecule has 0 aliphatic carbocycles. The summed E-state index contributed by atoms with van der Waals surface area (Å²) in [5.74, 6) is 0.163. The number of amides is 1. The van der Waals surface area contributed by atoms with Crippen molar-refractivity contribution in [3.8, 4) is 11.8 Å². The van der Waals surface area contributed by atoms with Crippen molar-refractivity contribution in [1.82, 2.24) is 0 Å². The van der Waals surface area contributed by atoms with E-state index in [0.29, 0.717) is 17.4 Å². The second-order valence-corrected chi connectivity index (χ2v) is 6.80. The van der Waals surface area contributed by atoms with E-state index in [1.165, 1.54) is 5.69 Å². The number of anilines is 2. The minimum Gasteiger partial charge on any atom is -0.484 e. The van der Waals surface area contributed by atoms with Gasteiger partial charge in [0.2, 0.25) is 0 Å². The molecule has 2 aromatic rings. The lowest BCUT2D eigenvalue weighted by Gasteiger charge is -2.34. The molecular formula is C21H24N4O2. The first-order valence-electron chi connectivity index (χ1n) is 9.08. The first-order valence-corrected chi connectivity index (χ1v) is 9.08. The third-order valence-electron chi connectivity index (χ3n) is 4.80. The molecular weight excluding hydrogens is 340 g/mol. The summed E-state index contributed by atoms with van der Waals surface area (Å²) in [7, 11) is 0. The molecule has 27 heavy (non-hydrogen) atoms. The molecule has 1 aliphatic heterocycles. The maximum Gasteiger partial charge on any atom is 0.255 e. The van der Waals surface area contributed by atoms with Gasteiger partial charge in [0.1, 0.15) is 5.75 Å². The van der Waals surface area contributed by atoms with Crippen LogP contribution in [0.3, 0.4) is 0 Å². The average Bonchev–Trinajstić information content (AvgIpc) is 2.69. The Balaban J connectivity index is 1.54. The molecule has 0 saturated carbocycles. The maximum atomic E-state index is 10.8. The fourth-order valence-electron chi connectivity index (χ4n) is 3.29. The average molecular weight is 364 g/mol. The molecule has 2 aromatic carbocycles. The topological polar surface area (TPSA) is 91.4 Å². The second-order valence-electron chi connectivity index (χ2n) is 6.80. The summed E-state index contributed by atoms with van der Waals surface area (Å²) in [6, 6.07) is 16.1. The van der Waals surface area contributed by atoms with Gasteiger partial charge < -0.3 is 20.7 Å². The largest absolute Gasteiger partial charge is 0.484 e. The number of aryl methyl sites for hydroxylation is 1. The fraction of sp³-hybridized carbons (Fsp3) is 0.333. The predicted molar refractivity (Wildman–Crippen MR) is 106 cm³/mol. The number of ether oxygens (including phenoxy) is 1. The maximum absolute atomic E-state index is 10.8. The molecule has 3 rings (SSSR count). The van der Waals surface area contributed by atoms with Crippen LogP contribution in [0, 0.1) is 18.3 Å². The van der Waals surface area contributed by atoms with Crippen LogP contribution in [0.15, 0.2) is 42.5 Å². The highest BCUT2D eigenvalue weighted by Gasteiger charge is 2.20. The number of hydrogen-bond acceptors (Lipinski definition) is 5. The number of nitrogens with zero attached hydrogens (tertiary/aromatic N) is 2. The zero-order chi connectivity index (χ0) is 19.2.